The first-order valence-electron chi connectivity index (χ1n) is 5.21. The zero-order chi connectivity index (χ0) is 13.0. The van der Waals surface area contributed by atoms with Crippen LogP contribution in [-0.2, 0) is 0 Å². The van der Waals surface area contributed by atoms with Gasteiger partial charge in [0.25, 0.3) is 5.91 Å². The van der Waals surface area contributed by atoms with Gasteiger partial charge in [-0.15, -0.1) is 11.3 Å². The van der Waals surface area contributed by atoms with Crippen LogP contribution in [0.5, 0.6) is 0 Å². The van der Waals surface area contributed by atoms with Gasteiger partial charge in [0, 0.05) is 10.6 Å². The number of hydrogen-bond donors (Lipinski definition) is 2. The van der Waals surface area contributed by atoms with Crippen molar-refractivity contribution in [2.45, 2.75) is 0 Å². The lowest BCUT2D eigenvalue weighted by Gasteiger charge is -2.09. The fourth-order valence-corrected chi connectivity index (χ4v) is 2.19. The second-order valence-electron chi connectivity index (χ2n) is 3.55. The van der Waals surface area contributed by atoms with E-state index < -0.39 is 0 Å². The molecule has 0 aliphatic heterocycles. The van der Waals surface area contributed by atoms with Gasteiger partial charge in [-0.25, -0.2) is 0 Å². The molecule has 2 aromatic rings. The molecule has 0 atom stereocenters. The van der Waals surface area contributed by atoms with Crippen molar-refractivity contribution >= 4 is 34.5 Å². The van der Waals surface area contributed by atoms with Crippen LogP contribution < -0.4 is 10.9 Å². The van der Waals surface area contributed by atoms with E-state index in [4.69, 9.17) is 11.6 Å². The zero-order valence-electron chi connectivity index (χ0n) is 9.44. The molecule has 5 heteroatoms. The third-order valence-electron chi connectivity index (χ3n) is 2.23. The van der Waals surface area contributed by atoms with E-state index in [1.165, 1.54) is 0 Å². The highest BCUT2D eigenvalue weighted by atomic mass is 35.5. The zero-order valence-corrected chi connectivity index (χ0v) is 11.0. The number of nitrogens with one attached hydrogen (secondary N) is 2. The van der Waals surface area contributed by atoms with Crippen molar-refractivity contribution in [3.8, 4) is 0 Å². The third kappa shape index (κ3) is 3.12. The maximum atomic E-state index is 11.8. The van der Waals surface area contributed by atoms with E-state index in [0.717, 1.165) is 4.88 Å². The molecule has 1 heterocycles. The Hall–Kier alpha value is -1.78. The summed E-state index contributed by atoms with van der Waals surface area (Å²) >= 11 is 7.36. The van der Waals surface area contributed by atoms with Gasteiger partial charge >= 0.3 is 0 Å². The van der Waals surface area contributed by atoms with Crippen LogP contribution in [0.3, 0.4) is 0 Å². The summed E-state index contributed by atoms with van der Waals surface area (Å²) in [5, 5.41) is 2.47. The summed E-state index contributed by atoms with van der Waals surface area (Å²) in [5.74, 6) is -0.254. The first-order chi connectivity index (χ1) is 8.66. The largest absolute Gasteiger partial charge is 0.298 e. The standard InChI is InChI=1S/C13H11ClN2OS/c1-9(12-6-3-7-18-12)15-16-13(17)10-4-2-5-11(14)8-10/h2-8,15H,1H2,(H,16,17). The number of carbonyl (C=O) groups excluding carboxylic acids is 1. The molecule has 2 N–H and O–H groups in total. The molecular weight excluding hydrogens is 268 g/mol. The predicted octanol–water partition coefficient (Wildman–Crippen LogP) is 3.31. The molecule has 18 heavy (non-hydrogen) atoms. The van der Waals surface area contributed by atoms with Gasteiger partial charge in [0.1, 0.15) is 0 Å². The molecular formula is C13H11ClN2OS. The Morgan fingerprint density at radius 3 is 2.72 bits per heavy atom. The predicted molar refractivity (Wildman–Crippen MR) is 75.4 cm³/mol. The molecule has 0 saturated carbocycles. The van der Waals surface area contributed by atoms with Crippen molar-refractivity contribution in [2.24, 2.45) is 0 Å². The van der Waals surface area contributed by atoms with Crippen molar-refractivity contribution in [3.63, 3.8) is 0 Å². The lowest BCUT2D eigenvalue weighted by molar-refractivity contribution is 0.0942. The molecule has 2 rings (SSSR count). The molecule has 0 bridgehead atoms. The topological polar surface area (TPSA) is 41.1 Å². The Morgan fingerprint density at radius 2 is 2.06 bits per heavy atom. The summed E-state index contributed by atoms with van der Waals surface area (Å²) in [6.45, 7) is 3.84. The number of amides is 1. The summed E-state index contributed by atoms with van der Waals surface area (Å²) < 4.78 is 0. The molecule has 0 aliphatic rings. The molecule has 0 radical (unpaired) electrons. The lowest BCUT2D eigenvalue weighted by Crippen LogP contribution is -2.35. The van der Waals surface area contributed by atoms with Gasteiger partial charge in [0.15, 0.2) is 0 Å². The Morgan fingerprint density at radius 1 is 1.22 bits per heavy atom. The van der Waals surface area contributed by atoms with Crippen LogP contribution in [0, 0.1) is 0 Å². The van der Waals surface area contributed by atoms with E-state index >= 15 is 0 Å². The van der Waals surface area contributed by atoms with E-state index in [1.807, 2.05) is 17.5 Å². The third-order valence-corrected chi connectivity index (χ3v) is 3.40. The number of rotatable bonds is 4. The summed E-state index contributed by atoms with van der Waals surface area (Å²) in [4.78, 5) is 12.8. The van der Waals surface area contributed by atoms with Gasteiger partial charge in [-0.2, -0.15) is 0 Å². The van der Waals surface area contributed by atoms with Crippen LogP contribution >= 0.6 is 22.9 Å². The minimum absolute atomic E-state index is 0.254. The number of thiophene rings is 1. The number of hydrazine groups is 1. The maximum absolute atomic E-state index is 11.8. The van der Waals surface area contributed by atoms with Crippen molar-refractivity contribution in [2.75, 3.05) is 0 Å². The van der Waals surface area contributed by atoms with Crippen LogP contribution in [0.1, 0.15) is 15.2 Å². The van der Waals surface area contributed by atoms with E-state index in [0.29, 0.717) is 16.3 Å². The molecule has 3 nitrogen and oxygen atoms in total. The molecule has 0 aliphatic carbocycles. The first kappa shape index (κ1) is 12.7. The first-order valence-corrected chi connectivity index (χ1v) is 6.47. The summed E-state index contributed by atoms with van der Waals surface area (Å²) in [6.07, 6.45) is 0. The van der Waals surface area contributed by atoms with Gasteiger partial charge in [0.05, 0.1) is 10.6 Å². The fourth-order valence-electron chi connectivity index (χ4n) is 1.35. The number of carbonyl (C=O) groups is 1. The minimum atomic E-state index is -0.254. The molecule has 0 spiro atoms. The van der Waals surface area contributed by atoms with E-state index in [1.54, 1.807) is 35.6 Å². The van der Waals surface area contributed by atoms with Gasteiger partial charge in [-0.3, -0.25) is 15.6 Å². The highest BCUT2D eigenvalue weighted by Crippen LogP contribution is 2.15. The average Bonchev–Trinajstić information content (AvgIpc) is 2.89. The molecule has 0 saturated heterocycles. The Balaban J connectivity index is 1.95. The maximum Gasteiger partial charge on any atom is 0.269 e. The Bertz CT molecular complexity index is 566. The summed E-state index contributed by atoms with van der Waals surface area (Å²) in [7, 11) is 0. The van der Waals surface area contributed by atoms with E-state index in [-0.39, 0.29) is 5.91 Å². The van der Waals surface area contributed by atoms with Crippen LogP contribution in [-0.4, -0.2) is 5.91 Å². The van der Waals surface area contributed by atoms with Crippen LogP contribution in [0.15, 0.2) is 48.4 Å². The van der Waals surface area contributed by atoms with Crippen molar-refractivity contribution in [1.82, 2.24) is 10.9 Å². The van der Waals surface area contributed by atoms with E-state index in [2.05, 4.69) is 17.4 Å². The van der Waals surface area contributed by atoms with Crippen LogP contribution in [0.4, 0.5) is 0 Å². The average molecular weight is 279 g/mol. The van der Waals surface area contributed by atoms with Crippen LogP contribution in [0.2, 0.25) is 5.02 Å². The molecule has 1 amide bonds. The second-order valence-corrected chi connectivity index (χ2v) is 4.93. The van der Waals surface area contributed by atoms with Crippen molar-refractivity contribution in [1.29, 1.82) is 0 Å². The molecule has 1 aromatic heterocycles. The van der Waals surface area contributed by atoms with Gasteiger partial charge in [0.2, 0.25) is 0 Å². The second kappa shape index (κ2) is 5.71. The van der Waals surface area contributed by atoms with Crippen LogP contribution in [0.25, 0.3) is 5.70 Å². The fraction of sp³-hybridized carbons (Fsp3) is 0. The quantitative estimate of drug-likeness (QED) is 0.843. The lowest BCUT2D eigenvalue weighted by atomic mass is 10.2. The molecule has 0 unspecified atom stereocenters. The molecule has 1 aromatic carbocycles. The summed E-state index contributed by atoms with van der Waals surface area (Å²) in [5.41, 5.74) is 6.50. The molecule has 0 fully saturated rings. The number of hydrogen-bond acceptors (Lipinski definition) is 3. The number of halogens is 1. The van der Waals surface area contributed by atoms with Crippen molar-refractivity contribution < 1.29 is 4.79 Å². The van der Waals surface area contributed by atoms with Gasteiger partial charge < -0.3 is 0 Å². The SMILES string of the molecule is C=C(NNC(=O)c1cccc(Cl)c1)c1cccs1. The molecule has 92 valence electrons. The van der Waals surface area contributed by atoms with Gasteiger partial charge in [-0.05, 0) is 29.6 Å². The van der Waals surface area contributed by atoms with E-state index in [9.17, 15) is 4.79 Å². The Labute approximate surface area is 114 Å². The smallest absolute Gasteiger partial charge is 0.269 e. The highest BCUT2D eigenvalue weighted by molar-refractivity contribution is 7.11. The normalized spacial score (nSPS) is 9.83. The minimum Gasteiger partial charge on any atom is -0.298 e. The monoisotopic (exact) mass is 278 g/mol. The van der Waals surface area contributed by atoms with Gasteiger partial charge in [-0.1, -0.05) is 30.3 Å². The number of benzene rings is 1. The Kier molecular flexibility index (Phi) is 4.02. The van der Waals surface area contributed by atoms with Crippen molar-refractivity contribution in [3.05, 3.63) is 63.8 Å². The summed E-state index contributed by atoms with van der Waals surface area (Å²) in [6, 6.07) is 10.6. The highest BCUT2D eigenvalue weighted by Gasteiger charge is 2.06.